The summed E-state index contributed by atoms with van der Waals surface area (Å²) in [6.07, 6.45) is 1.22. The van der Waals surface area contributed by atoms with Crippen molar-refractivity contribution in [3.63, 3.8) is 0 Å². The highest BCUT2D eigenvalue weighted by atomic mass is 19.1. The van der Waals surface area contributed by atoms with Crippen LogP contribution in [0, 0.1) is 5.82 Å². The van der Waals surface area contributed by atoms with Crippen LogP contribution < -0.4 is 4.74 Å². The number of methoxy groups -OCH3 is 1. The summed E-state index contributed by atoms with van der Waals surface area (Å²) in [4.78, 5) is 15.8. The first-order valence-electron chi connectivity index (χ1n) is 5.67. The number of Topliss-reactive ketones (excluding diaryl/α,β-unsaturated/α-hetero) is 1. The predicted molar refractivity (Wildman–Crippen MR) is 71.9 cm³/mol. The van der Waals surface area contributed by atoms with Gasteiger partial charge in [0.15, 0.2) is 0 Å². The van der Waals surface area contributed by atoms with E-state index in [9.17, 15) is 9.18 Å². The van der Waals surface area contributed by atoms with Crippen LogP contribution in [0.5, 0.6) is 5.75 Å². The zero-order chi connectivity index (χ0) is 13.7. The highest BCUT2D eigenvalue weighted by Gasteiger charge is 2.02. The van der Waals surface area contributed by atoms with Crippen molar-refractivity contribution in [1.82, 2.24) is 0 Å². The molecule has 0 fully saturated rings. The van der Waals surface area contributed by atoms with E-state index in [0.717, 1.165) is 5.75 Å². The van der Waals surface area contributed by atoms with Gasteiger partial charge in [0, 0.05) is 5.56 Å². The molecular weight excluding hydrogens is 245 g/mol. The van der Waals surface area contributed by atoms with Crippen molar-refractivity contribution >= 4 is 17.7 Å². The molecule has 0 amide bonds. The molecule has 96 valence electrons. The van der Waals surface area contributed by atoms with Gasteiger partial charge in [-0.05, 0) is 48.5 Å². The Hall–Kier alpha value is -2.49. The maximum absolute atomic E-state index is 12.7. The topological polar surface area (TPSA) is 38.7 Å². The van der Waals surface area contributed by atoms with E-state index in [-0.39, 0.29) is 11.6 Å². The van der Waals surface area contributed by atoms with Gasteiger partial charge in [-0.1, -0.05) is 0 Å². The van der Waals surface area contributed by atoms with E-state index in [1.165, 1.54) is 30.5 Å². The van der Waals surface area contributed by atoms with Gasteiger partial charge in [0.05, 0.1) is 19.0 Å². The summed E-state index contributed by atoms with van der Waals surface area (Å²) in [5.41, 5.74) is 1.05. The van der Waals surface area contributed by atoms with Crippen molar-refractivity contribution in [2.75, 3.05) is 7.11 Å². The first kappa shape index (κ1) is 13.0. The summed E-state index contributed by atoms with van der Waals surface area (Å²) in [6, 6.07) is 12.4. The van der Waals surface area contributed by atoms with Crippen LogP contribution in [0.4, 0.5) is 10.1 Å². The third-order valence-corrected chi connectivity index (χ3v) is 2.53. The largest absolute Gasteiger partial charge is 0.497 e. The van der Waals surface area contributed by atoms with Gasteiger partial charge in [-0.2, -0.15) is 0 Å². The van der Waals surface area contributed by atoms with E-state index < -0.39 is 0 Å². The van der Waals surface area contributed by atoms with E-state index >= 15 is 0 Å². The number of rotatable bonds is 4. The van der Waals surface area contributed by atoms with Crippen molar-refractivity contribution in [2.24, 2.45) is 4.99 Å². The van der Waals surface area contributed by atoms with Crippen molar-refractivity contribution < 1.29 is 13.9 Å². The summed E-state index contributed by atoms with van der Waals surface area (Å²) in [5.74, 6) is 0.0864. The molecule has 2 aromatic carbocycles. The Balaban J connectivity index is 2.08. The molecule has 0 spiro atoms. The number of hydrogen-bond donors (Lipinski definition) is 0. The van der Waals surface area contributed by atoms with E-state index in [0.29, 0.717) is 11.3 Å². The normalized spacial score (nSPS) is 10.6. The molecule has 0 aliphatic rings. The van der Waals surface area contributed by atoms with E-state index in [1.807, 2.05) is 0 Å². The monoisotopic (exact) mass is 257 g/mol. The van der Waals surface area contributed by atoms with E-state index in [2.05, 4.69) is 4.99 Å². The molecule has 2 aromatic rings. The second-order valence-electron chi connectivity index (χ2n) is 3.83. The Morgan fingerprint density at radius 1 is 1.11 bits per heavy atom. The number of ketones is 1. The molecule has 0 aromatic heterocycles. The highest BCUT2D eigenvalue weighted by molar-refractivity contribution is 6.35. The lowest BCUT2D eigenvalue weighted by atomic mass is 10.1. The van der Waals surface area contributed by atoms with Gasteiger partial charge in [0.1, 0.15) is 11.6 Å². The van der Waals surface area contributed by atoms with Gasteiger partial charge in [-0.3, -0.25) is 9.79 Å². The Kier molecular flexibility index (Phi) is 4.03. The number of carbonyl (C=O) groups is 1. The third kappa shape index (κ3) is 3.48. The standard InChI is InChI=1S/C15H12FNO2/c1-19-14-8-6-13(7-9-14)17-10-15(18)11-2-4-12(16)5-3-11/h2-10H,1H3. The van der Waals surface area contributed by atoms with Gasteiger partial charge >= 0.3 is 0 Å². The molecule has 0 atom stereocenters. The first-order chi connectivity index (χ1) is 9.19. The number of carbonyl (C=O) groups excluding carboxylic acids is 1. The molecular formula is C15H12FNO2. The number of nitrogens with zero attached hydrogens (tertiary/aromatic N) is 1. The van der Waals surface area contributed by atoms with Crippen molar-refractivity contribution in [3.8, 4) is 5.75 Å². The summed E-state index contributed by atoms with van der Waals surface area (Å²) < 4.78 is 17.7. The maximum atomic E-state index is 12.7. The van der Waals surface area contributed by atoms with Crippen LogP contribution in [0.2, 0.25) is 0 Å². The Bertz CT molecular complexity index is 589. The van der Waals surface area contributed by atoms with Gasteiger partial charge in [-0.25, -0.2) is 4.39 Å². The SMILES string of the molecule is COc1ccc(N=CC(=O)c2ccc(F)cc2)cc1. The number of aliphatic imine (C=N–C) groups is 1. The zero-order valence-electron chi connectivity index (χ0n) is 10.3. The minimum atomic E-state index is -0.372. The molecule has 0 unspecified atom stereocenters. The number of hydrogen-bond acceptors (Lipinski definition) is 3. The van der Waals surface area contributed by atoms with Crippen LogP contribution in [0.15, 0.2) is 53.5 Å². The fourth-order valence-electron chi connectivity index (χ4n) is 1.49. The van der Waals surface area contributed by atoms with Crippen molar-refractivity contribution in [1.29, 1.82) is 0 Å². The lowest BCUT2D eigenvalue weighted by molar-refractivity contribution is 0.107. The molecule has 0 heterocycles. The van der Waals surface area contributed by atoms with Crippen molar-refractivity contribution in [3.05, 3.63) is 59.9 Å². The predicted octanol–water partition coefficient (Wildman–Crippen LogP) is 3.42. The van der Waals surface area contributed by atoms with Crippen LogP contribution in [-0.2, 0) is 0 Å². The molecule has 0 saturated carbocycles. The fourth-order valence-corrected chi connectivity index (χ4v) is 1.49. The minimum Gasteiger partial charge on any atom is -0.497 e. The molecule has 0 saturated heterocycles. The molecule has 3 nitrogen and oxygen atoms in total. The van der Waals surface area contributed by atoms with Crippen LogP contribution >= 0.6 is 0 Å². The van der Waals surface area contributed by atoms with Crippen LogP contribution in [0.25, 0.3) is 0 Å². The fraction of sp³-hybridized carbons (Fsp3) is 0.0667. The lowest BCUT2D eigenvalue weighted by Gasteiger charge is -1.99. The average Bonchev–Trinajstić information content (AvgIpc) is 2.46. The van der Waals surface area contributed by atoms with Gasteiger partial charge < -0.3 is 4.74 Å². The Morgan fingerprint density at radius 2 is 1.74 bits per heavy atom. The molecule has 0 aliphatic carbocycles. The maximum Gasteiger partial charge on any atom is 0.204 e. The molecule has 0 N–H and O–H groups in total. The summed E-state index contributed by atoms with van der Waals surface area (Å²) in [6.45, 7) is 0. The van der Waals surface area contributed by atoms with Gasteiger partial charge in [-0.15, -0.1) is 0 Å². The Labute approximate surface area is 110 Å². The van der Waals surface area contributed by atoms with Crippen molar-refractivity contribution in [2.45, 2.75) is 0 Å². The van der Waals surface area contributed by atoms with Crippen LogP contribution in [0.1, 0.15) is 10.4 Å². The van der Waals surface area contributed by atoms with Crippen LogP contribution in [-0.4, -0.2) is 19.1 Å². The Morgan fingerprint density at radius 3 is 2.32 bits per heavy atom. The summed E-state index contributed by atoms with van der Waals surface area (Å²) in [7, 11) is 1.58. The molecule has 0 aliphatic heterocycles. The summed E-state index contributed by atoms with van der Waals surface area (Å²) >= 11 is 0. The quantitative estimate of drug-likeness (QED) is 0.621. The number of benzene rings is 2. The second-order valence-corrected chi connectivity index (χ2v) is 3.83. The smallest absolute Gasteiger partial charge is 0.204 e. The second kappa shape index (κ2) is 5.91. The molecule has 2 rings (SSSR count). The minimum absolute atomic E-state index is 0.268. The zero-order valence-corrected chi connectivity index (χ0v) is 10.3. The lowest BCUT2D eigenvalue weighted by Crippen LogP contribution is -1.99. The number of ether oxygens (including phenoxy) is 1. The third-order valence-electron chi connectivity index (χ3n) is 2.53. The molecule has 0 bridgehead atoms. The average molecular weight is 257 g/mol. The number of halogens is 1. The van der Waals surface area contributed by atoms with Gasteiger partial charge in [0.2, 0.25) is 5.78 Å². The van der Waals surface area contributed by atoms with E-state index in [1.54, 1.807) is 31.4 Å². The molecule has 19 heavy (non-hydrogen) atoms. The molecule has 0 radical (unpaired) electrons. The van der Waals surface area contributed by atoms with Crippen LogP contribution in [0.3, 0.4) is 0 Å². The van der Waals surface area contributed by atoms with Gasteiger partial charge in [0.25, 0.3) is 0 Å². The molecule has 4 heteroatoms. The summed E-state index contributed by atoms with van der Waals surface area (Å²) in [5, 5.41) is 0. The van der Waals surface area contributed by atoms with E-state index in [4.69, 9.17) is 4.74 Å². The first-order valence-corrected chi connectivity index (χ1v) is 5.67. The highest BCUT2D eigenvalue weighted by Crippen LogP contribution is 2.17.